The number of carbonyl (C=O) groups excluding carboxylic acids is 1. The number of amides is 1. The van der Waals surface area contributed by atoms with Crippen LogP contribution in [0.1, 0.15) is 44.4 Å². The third kappa shape index (κ3) is 4.34. The van der Waals surface area contributed by atoms with Gasteiger partial charge in [-0.05, 0) is 78.9 Å². The summed E-state index contributed by atoms with van der Waals surface area (Å²) in [5.41, 5.74) is 4.07. The first-order valence-corrected chi connectivity index (χ1v) is 12.5. The fourth-order valence-corrected chi connectivity index (χ4v) is 5.13. The molecule has 8 heteroatoms. The minimum absolute atomic E-state index is 0.0594. The lowest BCUT2D eigenvalue weighted by Crippen LogP contribution is -2.31. The molecule has 1 unspecified atom stereocenters. The minimum Gasteiger partial charge on any atom is -0.493 e. The first-order valence-electron chi connectivity index (χ1n) is 11.8. The molecular formula is C29H25Cl2NO5. The lowest BCUT2D eigenvalue weighted by atomic mass is 9.97. The first-order chi connectivity index (χ1) is 17.7. The van der Waals surface area contributed by atoms with Crippen molar-refractivity contribution in [2.75, 3.05) is 20.8 Å². The van der Waals surface area contributed by atoms with Gasteiger partial charge in [-0.15, -0.1) is 0 Å². The van der Waals surface area contributed by atoms with Crippen LogP contribution in [0.15, 0.2) is 57.7 Å². The molecule has 5 rings (SSSR count). The standard InChI is InChI=1S/C29H25Cl2NO5/c1-15-11-19-23(12-16(15)2)37-28-25(27(19)33)26(18-6-7-20(30)21(31)14-18)32(29(28)34)10-9-17-5-8-22(35-3)24(13-17)36-4/h5-8,11-14,26H,9-10H2,1-4H3. The van der Waals surface area contributed by atoms with Crippen LogP contribution in [0.3, 0.4) is 0 Å². The average Bonchev–Trinajstić information content (AvgIpc) is 3.17. The summed E-state index contributed by atoms with van der Waals surface area (Å²) in [5, 5.41) is 1.18. The Hall–Kier alpha value is -3.48. The number of hydrogen-bond acceptors (Lipinski definition) is 5. The van der Waals surface area contributed by atoms with E-state index >= 15 is 0 Å². The maximum atomic E-state index is 13.8. The van der Waals surface area contributed by atoms with Crippen LogP contribution in [0, 0.1) is 13.8 Å². The average molecular weight is 538 g/mol. The number of ether oxygens (including phenoxy) is 2. The molecule has 1 amide bonds. The van der Waals surface area contributed by atoms with Gasteiger partial charge in [0.1, 0.15) is 5.58 Å². The molecule has 190 valence electrons. The third-order valence-electron chi connectivity index (χ3n) is 6.93. The van der Waals surface area contributed by atoms with E-state index in [4.69, 9.17) is 37.1 Å². The minimum atomic E-state index is -0.667. The van der Waals surface area contributed by atoms with Crippen LogP contribution in [-0.4, -0.2) is 31.6 Å². The van der Waals surface area contributed by atoms with Gasteiger partial charge in [-0.1, -0.05) is 35.3 Å². The number of nitrogens with zero attached hydrogens (tertiary/aromatic N) is 1. The number of aryl methyl sites for hydroxylation is 2. The molecule has 0 saturated heterocycles. The molecule has 0 bridgehead atoms. The lowest BCUT2D eigenvalue weighted by molar-refractivity contribution is 0.0730. The molecule has 37 heavy (non-hydrogen) atoms. The highest BCUT2D eigenvalue weighted by Gasteiger charge is 2.42. The number of rotatable bonds is 6. The van der Waals surface area contributed by atoms with Crippen LogP contribution >= 0.6 is 23.2 Å². The molecule has 0 saturated carbocycles. The van der Waals surface area contributed by atoms with E-state index in [1.807, 2.05) is 38.1 Å². The van der Waals surface area contributed by atoms with Gasteiger partial charge in [-0.2, -0.15) is 0 Å². The molecule has 2 heterocycles. The maximum absolute atomic E-state index is 13.8. The molecule has 0 N–H and O–H groups in total. The van der Waals surface area contributed by atoms with E-state index in [0.29, 0.717) is 56.6 Å². The number of hydrogen-bond donors (Lipinski definition) is 0. The zero-order valence-corrected chi connectivity index (χ0v) is 22.4. The summed E-state index contributed by atoms with van der Waals surface area (Å²) in [7, 11) is 3.16. The summed E-state index contributed by atoms with van der Waals surface area (Å²) in [4.78, 5) is 29.2. The molecule has 4 aromatic rings. The normalized spacial score (nSPS) is 14.8. The van der Waals surface area contributed by atoms with Gasteiger partial charge in [0.15, 0.2) is 16.9 Å². The van der Waals surface area contributed by atoms with E-state index in [0.717, 1.165) is 16.7 Å². The number of fused-ring (bicyclic) bond motifs is 2. The number of halogens is 2. The third-order valence-corrected chi connectivity index (χ3v) is 7.67. The zero-order valence-electron chi connectivity index (χ0n) is 20.9. The van der Waals surface area contributed by atoms with Crippen molar-refractivity contribution < 1.29 is 18.7 Å². The lowest BCUT2D eigenvalue weighted by Gasteiger charge is -2.25. The van der Waals surface area contributed by atoms with E-state index < -0.39 is 6.04 Å². The van der Waals surface area contributed by atoms with Crippen LogP contribution in [-0.2, 0) is 6.42 Å². The predicted octanol–water partition coefficient (Wildman–Crippen LogP) is 6.52. The summed E-state index contributed by atoms with van der Waals surface area (Å²) in [6, 6.07) is 13.7. The molecule has 1 aliphatic heterocycles. The van der Waals surface area contributed by atoms with Crippen molar-refractivity contribution in [3.05, 3.63) is 102 Å². The number of methoxy groups -OCH3 is 2. The highest BCUT2D eigenvalue weighted by molar-refractivity contribution is 6.42. The van der Waals surface area contributed by atoms with Gasteiger partial charge in [0.05, 0.1) is 41.3 Å². The number of carbonyl (C=O) groups is 1. The van der Waals surface area contributed by atoms with Gasteiger partial charge in [-0.25, -0.2) is 0 Å². The fourth-order valence-electron chi connectivity index (χ4n) is 4.82. The quantitative estimate of drug-likeness (QED) is 0.280. The predicted molar refractivity (Wildman–Crippen MR) is 145 cm³/mol. The van der Waals surface area contributed by atoms with E-state index in [2.05, 4.69) is 0 Å². The molecule has 6 nitrogen and oxygen atoms in total. The molecule has 0 aliphatic carbocycles. The second-order valence-corrected chi connectivity index (χ2v) is 9.93. The van der Waals surface area contributed by atoms with Crippen molar-refractivity contribution >= 4 is 40.1 Å². The van der Waals surface area contributed by atoms with E-state index in [1.165, 1.54) is 0 Å². The van der Waals surface area contributed by atoms with Gasteiger partial charge >= 0.3 is 0 Å². The van der Waals surface area contributed by atoms with Gasteiger partial charge in [0, 0.05) is 6.54 Å². The monoisotopic (exact) mass is 537 g/mol. The SMILES string of the molecule is COc1ccc(CCN2C(=O)c3oc4cc(C)c(C)cc4c(=O)c3C2c2ccc(Cl)c(Cl)c2)cc1OC. The Morgan fingerprint density at radius 2 is 1.62 bits per heavy atom. The molecule has 0 fully saturated rings. The summed E-state index contributed by atoms with van der Waals surface area (Å²) in [6.07, 6.45) is 0.518. The molecule has 1 aliphatic rings. The van der Waals surface area contributed by atoms with Crippen molar-refractivity contribution in [3.8, 4) is 11.5 Å². The first kappa shape index (κ1) is 25.2. The number of benzene rings is 3. The Morgan fingerprint density at radius 3 is 2.32 bits per heavy atom. The summed E-state index contributed by atoms with van der Waals surface area (Å²) in [5.74, 6) is 0.940. The van der Waals surface area contributed by atoms with Crippen LogP contribution in [0.25, 0.3) is 11.0 Å². The second-order valence-electron chi connectivity index (χ2n) is 9.12. The van der Waals surface area contributed by atoms with E-state index in [-0.39, 0.29) is 17.1 Å². The van der Waals surface area contributed by atoms with Gasteiger partial charge in [0.25, 0.3) is 5.91 Å². The van der Waals surface area contributed by atoms with Crippen LogP contribution < -0.4 is 14.9 Å². The van der Waals surface area contributed by atoms with Crippen LogP contribution in [0.5, 0.6) is 11.5 Å². The molecule has 1 aromatic heterocycles. The summed E-state index contributed by atoms with van der Waals surface area (Å²) >= 11 is 12.5. The van der Waals surface area contributed by atoms with Crippen LogP contribution in [0.2, 0.25) is 10.0 Å². The van der Waals surface area contributed by atoms with E-state index in [1.54, 1.807) is 43.4 Å². The van der Waals surface area contributed by atoms with Crippen LogP contribution in [0.4, 0.5) is 0 Å². The highest BCUT2D eigenvalue weighted by Crippen LogP contribution is 2.40. The molecule has 0 spiro atoms. The molecule has 0 radical (unpaired) electrons. The summed E-state index contributed by atoms with van der Waals surface area (Å²) < 4.78 is 16.9. The Balaban J connectivity index is 1.62. The molecular weight excluding hydrogens is 513 g/mol. The Bertz CT molecular complexity index is 1610. The smallest absolute Gasteiger partial charge is 0.290 e. The Morgan fingerprint density at radius 1 is 0.892 bits per heavy atom. The van der Waals surface area contributed by atoms with E-state index in [9.17, 15) is 9.59 Å². The molecule has 1 atom stereocenters. The Kier molecular flexibility index (Phi) is 6.65. The van der Waals surface area contributed by atoms with Crippen molar-refractivity contribution in [2.45, 2.75) is 26.3 Å². The van der Waals surface area contributed by atoms with Crippen molar-refractivity contribution in [3.63, 3.8) is 0 Å². The summed E-state index contributed by atoms with van der Waals surface area (Å²) in [6.45, 7) is 4.22. The second kappa shape index (κ2) is 9.77. The van der Waals surface area contributed by atoms with Crippen molar-refractivity contribution in [2.24, 2.45) is 0 Å². The Labute approximate surface area is 224 Å². The molecule has 3 aromatic carbocycles. The largest absolute Gasteiger partial charge is 0.493 e. The highest BCUT2D eigenvalue weighted by atomic mass is 35.5. The van der Waals surface area contributed by atoms with Gasteiger partial charge in [0.2, 0.25) is 5.76 Å². The maximum Gasteiger partial charge on any atom is 0.290 e. The van der Waals surface area contributed by atoms with Gasteiger partial charge < -0.3 is 18.8 Å². The van der Waals surface area contributed by atoms with Crippen molar-refractivity contribution in [1.29, 1.82) is 0 Å². The zero-order chi connectivity index (χ0) is 26.4. The topological polar surface area (TPSA) is 69.0 Å². The van der Waals surface area contributed by atoms with Crippen molar-refractivity contribution in [1.82, 2.24) is 4.90 Å². The fraction of sp³-hybridized carbons (Fsp3) is 0.241. The van der Waals surface area contributed by atoms with Gasteiger partial charge in [-0.3, -0.25) is 9.59 Å².